The van der Waals surface area contributed by atoms with Gasteiger partial charge >= 0.3 is 5.97 Å². The molecule has 0 bridgehead atoms. The van der Waals surface area contributed by atoms with Crippen molar-refractivity contribution < 1.29 is 19.6 Å². The number of carboxylic acid groups (broad SMARTS) is 1. The molecule has 8 nitrogen and oxygen atoms in total. The Labute approximate surface area is 147 Å². The zero-order valence-electron chi connectivity index (χ0n) is 13.5. The van der Waals surface area contributed by atoms with Gasteiger partial charge in [0.25, 0.3) is 11.6 Å². The first-order chi connectivity index (χ1) is 12.5. The molecule has 1 aromatic heterocycles. The molecule has 0 spiro atoms. The maximum absolute atomic E-state index is 12.3. The van der Waals surface area contributed by atoms with Gasteiger partial charge in [-0.1, -0.05) is 24.3 Å². The van der Waals surface area contributed by atoms with Gasteiger partial charge in [0.15, 0.2) is 0 Å². The van der Waals surface area contributed by atoms with Crippen molar-refractivity contribution in [1.29, 1.82) is 0 Å². The number of hydrogen-bond donors (Lipinski definition) is 3. The molecule has 3 rings (SSSR count). The highest BCUT2D eigenvalue weighted by Gasteiger charge is 2.23. The molecule has 26 heavy (non-hydrogen) atoms. The summed E-state index contributed by atoms with van der Waals surface area (Å²) < 4.78 is 0. The predicted octanol–water partition coefficient (Wildman–Crippen LogP) is 2.50. The lowest BCUT2D eigenvalue weighted by molar-refractivity contribution is -0.384. The van der Waals surface area contributed by atoms with Crippen LogP contribution in [0.3, 0.4) is 0 Å². The number of aliphatic carboxylic acids is 1. The number of aromatic nitrogens is 1. The Balaban J connectivity index is 1.80. The smallest absolute Gasteiger partial charge is 0.326 e. The van der Waals surface area contributed by atoms with Gasteiger partial charge in [-0.25, -0.2) is 4.79 Å². The summed E-state index contributed by atoms with van der Waals surface area (Å²) in [6, 6.07) is 11.4. The standard InChI is InChI=1S/C18H15N3O5/c22-17(11-4-3-5-13(8-11)21(25)26)20-16(18(23)24)9-12-10-19-15-7-2-1-6-14(12)15/h1-8,10,16,19H,9H2,(H,20,22)(H,23,24)/t16-/m1/s1. The van der Waals surface area contributed by atoms with Gasteiger partial charge in [0.2, 0.25) is 0 Å². The highest BCUT2D eigenvalue weighted by atomic mass is 16.6. The van der Waals surface area contributed by atoms with Crippen LogP contribution in [0.5, 0.6) is 0 Å². The molecule has 3 aromatic rings. The van der Waals surface area contributed by atoms with Crippen molar-refractivity contribution in [3.05, 3.63) is 76.0 Å². The van der Waals surface area contributed by atoms with Crippen LogP contribution in [0.15, 0.2) is 54.7 Å². The third-order valence-electron chi connectivity index (χ3n) is 4.02. The second-order valence-corrected chi connectivity index (χ2v) is 5.74. The lowest BCUT2D eigenvalue weighted by Gasteiger charge is -2.14. The van der Waals surface area contributed by atoms with Crippen molar-refractivity contribution in [2.24, 2.45) is 0 Å². The quantitative estimate of drug-likeness (QED) is 0.464. The fourth-order valence-corrected chi connectivity index (χ4v) is 2.72. The van der Waals surface area contributed by atoms with E-state index < -0.39 is 22.8 Å². The summed E-state index contributed by atoms with van der Waals surface area (Å²) in [4.78, 5) is 37.2. The molecule has 0 aliphatic rings. The first-order valence-corrected chi connectivity index (χ1v) is 7.79. The van der Waals surface area contributed by atoms with Gasteiger partial charge in [-0.05, 0) is 17.7 Å². The molecule has 1 heterocycles. The van der Waals surface area contributed by atoms with Crippen LogP contribution in [0.2, 0.25) is 0 Å². The number of aromatic amines is 1. The molecule has 0 aliphatic carbocycles. The number of fused-ring (bicyclic) bond motifs is 1. The van der Waals surface area contributed by atoms with Gasteiger partial charge in [-0.2, -0.15) is 0 Å². The van der Waals surface area contributed by atoms with Crippen molar-refractivity contribution >= 4 is 28.5 Å². The number of hydrogen-bond acceptors (Lipinski definition) is 4. The molecule has 1 atom stereocenters. The van der Waals surface area contributed by atoms with Crippen LogP contribution in [-0.4, -0.2) is 32.9 Å². The second kappa shape index (κ2) is 7.06. The van der Waals surface area contributed by atoms with Crippen molar-refractivity contribution in [3.63, 3.8) is 0 Å². The summed E-state index contributed by atoms with van der Waals surface area (Å²) in [7, 11) is 0. The zero-order valence-corrected chi connectivity index (χ0v) is 13.5. The largest absolute Gasteiger partial charge is 0.480 e. The SMILES string of the molecule is O=C(N[C@H](Cc1c[nH]c2ccccc12)C(=O)O)c1cccc([N+](=O)[O-])c1. The van der Waals surface area contributed by atoms with Crippen LogP contribution in [0.1, 0.15) is 15.9 Å². The summed E-state index contributed by atoms with van der Waals surface area (Å²) in [6.07, 6.45) is 1.79. The van der Waals surface area contributed by atoms with Crippen molar-refractivity contribution in [3.8, 4) is 0 Å². The summed E-state index contributed by atoms with van der Waals surface area (Å²) in [6.45, 7) is 0. The minimum atomic E-state index is -1.19. The maximum atomic E-state index is 12.3. The number of H-pyrrole nitrogens is 1. The molecule has 0 aliphatic heterocycles. The monoisotopic (exact) mass is 353 g/mol. The number of benzene rings is 2. The van der Waals surface area contributed by atoms with E-state index in [9.17, 15) is 24.8 Å². The molecule has 132 valence electrons. The van der Waals surface area contributed by atoms with Crippen LogP contribution in [0.4, 0.5) is 5.69 Å². The molecule has 1 amide bonds. The Hall–Kier alpha value is -3.68. The number of carbonyl (C=O) groups is 2. The Morgan fingerprint density at radius 2 is 1.96 bits per heavy atom. The number of nitro benzene ring substituents is 1. The van der Waals surface area contributed by atoms with E-state index in [1.807, 2.05) is 24.3 Å². The highest BCUT2D eigenvalue weighted by molar-refractivity contribution is 5.97. The number of rotatable bonds is 6. The molecular weight excluding hydrogens is 338 g/mol. The predicted molar refractivity (Wildman–Crippen MR) is 94.0 cm³/mol. The van der Waals surface area contributed by atoms with Gasteiger partial charge < -0.3 is 15.4 Å². The Bertz CT molecular complexity index is 995. The van der Waals surface area contributed by atoms with E-state index in [0.29, 0.717) is 0 Å². The topological polar surface area (TPSA) is 125 Å². The number of carbonyl (C=O) groups excluding carboxylic acids is 1. The Morgan fingerprint density at radius 1 is 1.19 bits per heavy atom. The average Bonchev–Trinajstić information content (AvgIpc) is 3.04. The Morgan fingerprint density at radius 3 is 2.69 bits per heavy atom. The van der Waals surface area contributed by atoms with E-state index in [-0.39, 0.29) is 17.7 Å². The summed E-state index contributed by atoms with van der Waals surface area (Å²) in [5.74, 6) is -1.87. The van der Waals surface area contributed by atoms with E-state index in [0.717, 1.165) is 22.5 Å². The summed E-state index contributed by atoms with van der Waals surface area (Å²) >= 11 is 0. The molecule has 0 saturated carbocycles. The fraction of sp³-hybridized carbons (Fsp3) is 0.111. The molecule has 0 saturated heterocycles. The zero-order chi connectivity index (χ0) is 18.7. The van der Waals surface area contributed by atoms with Crippen LogP contribution >= 0.6 is 0 Å². The van der Waals surface area contributed by atoms with E-state index in [1.165, 1.54) is 18.2 Å². The summed E-state index contributed by atoms with van der Waals surface area (Å²) in [5, 5.41) is 23.6. The lowest BCUT2D eigenvalue weighted by Crippen LogP contribution is -2.42. The maximum Gasteiger partial charge on any atom is 0.326 e. The third kappa shape index (κ3) is 3.54. The normalized spacial score (nSPS) is 11.8. The molecule has 3 N–H and O–H groups in total. The number of amides is 1. The third-order valence-corrected chi connectivity index (χ3v) is 4.02. The van der Waals surface area contributed by atoms with E-state index in [1.54, 1.807) is 6.20 Å². The van der Waals surface area contributed by atoms with Crippen LogP contribution in [-0.2, 0) is 11.2 Å². The number of para-hydroxylation sites is 1. The van der Waals surface area contributed by atoms with Gasteiger partial charge in [0.1, 0.15) is 6.04 Å². The second-order valence-electron chi connectivity index (χ2n) is 5.74. The van der Waals surface area contributed by atoms with Crippen molar-refractivity contribution in [1.82, 2.24) is 10.3 Å². The van der Waals surface area contributed by atoms with Crippen LogP contribution in [0, 0.1) is 10.1 Å². The van der Waals surface area contributed by atoms with Gasteiger partial charge in [-0.15, -0.1) is 0 Å². The van der Waals surface area contributed by atoms with E-state index in [4.69, 9.17) is 0 Å². The van der Waals surface area contributed by atoms with Gasteiger partial charge in [0, 0.05) is 41.2 Å². The number of nitro groups is 1. The van der Waals surface area contributed by atoms with E-state index in [2.05, 4.69) is 10.3 Å². The van der Waals surface area contributed by atoms with Crippen molar-refractivity contribution in [2.75, 3.05) is 0 Å². The Kier molecular flexibility index (Phi) is 4.66. The number of nitrogens with one attached hydrogen (secondary N) is 2. The minimum absolute atomic E-state index is 0.0318. The molecular formula is C18H15N3O5. The molecule has 0 radical (unpaired) electrons. The molecule has 0 fully saturated rings. The van der Waals surface area contributed by atoms with Crippen LogP contribution in [0.25, 0.3) is 10.9 Å². The molecule has 2 aromatic carbocycles. The minimum Gasteiger partial charge on any atom is -0.480 e. The number of nitrogens with zero attached hydrogens (tertiary/aromatic N) is 1. The number of carboxylic acids is 1. The van der Waals surface area contributed by atoms with E-state index >= 15 is 0 Å². The van der Waals surface area contributed by atoms with Gasteiger partial charge in [0.05, 0.1) is 4.92 Å². The highest BCUT2D eigenvalue weighted by Crippen LogP contribution is 2.19. The van der Waals surface area contributed by atoms with Gasteiger partial charge in [-0.3, -0.25) is 14.9 Å². The first kappa shape index (κ1) is 17.2. The fourth-order valence-electron chi connectivity index (χ4n) is 2.72. The average molecular weight is 353 g/mol. The number of non-ortho nitro benzene ring substituents is 1. The molecule has 0 unspecified atom stereocenters. The van der Waals surface area contributed by atoms with Crippen molar-refractivity contribution in [2.45, 2.75) is 12.5 Å². The first-order valence-electron chi connectivity index (χ1n) is 7.79. The molecule has 8 heteroatoms. The summed E-state index contributed by atoms with van der Waals surface area (Å²) in [5.41, 5.74) is 1.43. The lowest BCUT2D eigenvalue weighted by atomic mass is 10.0. The van der Waals surface area contributed by atoms with Crippen LogP contribution < -0.4 is 5.32 Å².